The summed E-state index contributed by atoms with van der Waals surface area (Å²) in [4.78, 5) is 11.1. The largest absolute Gasteiger partial charge is 0.462 e. The summed E-state index contributed by atoms with van der Waals surface area (Å²) in [5, 5.41) is 3.71. The maximum absolute atomic E-state index is 11.1. The Hall–Kier alpha value is -1.48. The maximum Gasteiger partial charge on any atom is 0.335 e. The van der Waals surface area contributed by atoms with Gasteiger partial charge in [-0.05, 0) is 24.3 Å². The molecule has 1 aliphatic heterocycles. The number of carbonyl (C=O) groups excluding carboxylic acids is 1. The highest BCUT2D eigenvalue weighted by atomic mass is 35.5. The van der Waals surface area contributed by atoms with E-state index in [2.05, 4.69) is 5.32 Å². The first-order valence-electron chi connectivity index (χ1n) is 4.64. The van der Waals surface area contributed by atoms with E-state index in [0.29, 0.717) is 23.6 Å². The number of ether oxygens (including phenoxy) is 1. The molecule has 0 unspecified atom stereocenters. The van der Waals surface area contributed by atoms with Crippen LogP contribution in [-0.4, -0.2) is 12.6 Å². The van der Waals surface area contributed by atoms with Crippen molar-refractivity contribution in [1.82, 2.24) is 0 Å². The van der Waals surface area contributed by atoms with Crippen LogP contribution in [0.25, 0.3) is 0 Å². The van der Waals surface area contributed by atoms with Crippen molar-refractivity contribution >= 4 is 23.3 Å². The quantitative estimate of drug-likeness (QED) is 0.619. The number of rotatable bonds is 2. The van der Waals surface area contributed by atoms with Gasteiger partial charge >= 0.3 is 5.97 Å². The van der Waals surface area contributed by atoms with Gasteiger partial charge in [0, 0.05) is 23.3 Å². The van der Waals surface area contributed by atoms with Crippen molar-refractivity contribution in [2.45, 2.75) is 6.42 Å². The topological polar surface area (TPSA) is 38.3 Å². The van der Waals surface area contributed by atoms with Gasteiger partial charge in [0.1, 0.15) is 0 Å². The predicted octanol–water partition coefficient (Wildman–Crippen LogP) is 2.58. The lowest BCUT2D eigenvalue weighted by molar-refractivity contribution is -0.135. The minimum absolute atomic E-state index is 0.239. The van der Waals surface area contributed by atoms with Crippen molar-refractivity contribution in [1.29, 1.82) is 0 Å². The van der Waals surface area contributed by atoms with E-state index in [1.54, 1.807) is 18.3 Å². The maximum atomic E-state index is 11.1. The van der Waals surface area contributed by atoms with E-state index in [-0.39, 0.29) is 5.97 Å². The molecule has 1 aliphatic rings. The third kappa shape index (κ3) is 2.50. The fourth-order valence-electron chi connectivity index (χ4n) is 1.30. The molecule has 1 fully saturated rings. The highest BCUT2D eigenvalue weighted by molar-refractivity contribution is 6.30. The molecule has 1 N–H and O–H groups in total. The molecule has 0 saturated carbocycles. The number of hydrogen-bond acceptors (Lipinski definition) is 3. The molecule has 0 atom stereocenters. The molecule has 1 saturated heterocycles. The SMILES string of the molecule is O=C1OCC/C1=C/Nc1ccc(Cl)cc1. The molecule has 78 valence electrons. The number of cyclic esters (lactones) is 1. The van der Waals surface area contributed by atoms with Gasteiger partial charge in [-0.25, -0.2) is 4.79 Å². The molecule has 1 heterocycles. The molecule has 1 aromatic carbocycles. The van der Waals surface area contributed by atoms with Gasteiger partial charge in [0.25, 0.3) is 0 Å². The van der Waals surface area contributed by atoms with Crippen molar-refractivity contribution in [3.63, 3.8) is 0 Å². The lowest BCUT2D eigenvalue weighted by atomic mass is 10.2. The lowest BCUT2D eigenvalue weighted by Gasteiger charge is -2.00. The number of halogens is 1. The molecule has 0 aliphatic carbocycles. The first kappa shape index (κ1) is 10.1. The van der Waals surface area contributed by atoms with Crippen LogP contribution in [0.5, 0.6) is 0 Å². The van der Waals surface area contributed by atoms with Gasteiger partial charge in [-0.2, -0.15) is 0 Å². The van der Waals surface area contributed by atoms with Crippen LogP contribution in [0.1, 0.15) is 6.42 Å². The number of nitrogens with one attached hydrogen (secondary N) is 1. The lowest BCUT2D eigenvalue weighted by Crippen LogP contribution is -1.98. The van der Waals surface area contributed by atoms with Crippen LogP contribution in [0.4, 0.5) is 5.69 Å². The van der Waals surface area contributed by atoms with Crippen LogP contribution in [0.3, 0.4) is 0 Å². The Kier molecular flexibility index (Phi) is 2.92. The van der Waals surface area contributed by atoms with Gasteiger partial charge in [-0.3, -0.25) is 0 Å². The van der Waals surface area contributed by atoms with E-state index in [1.165, 1.54) is 0 Å². The predicted molar refractivity (Wildman–Crippen MR) is 58.7 cm³/mol. The van der Waals surface area contributed by atoms with Crippen LogP contribution in [0.2, 0.25) is 5.02 Å². The van der Waals surface area contributed by atoms with Crippen molar-refractivity contribution in [3.8, 4) is 0 Å². The van der Waals surface area contributed by atoms with Crippen LogP contribution in [-0.2, 0) is 9.53 Å². The highest BCUT2D eigenvalue weighted by Gasteiger charge is 2.17. The summed E-state index contributed by atoms with van der Waals surface area (Å²) >= 11 is 5.74. The Morgan fingerprint density at radius 2 is 2.07 bits per heavy atom. The van der Waals surface area contributed by atoms with E-state index in [4.69, 9.17) is 16.3 Å². The van der Waals surface area contributed by atoms with Gasteiger partial charge < -0.3 is 10.1 Å². The summed E-state index contributed by atoms with van der Waals surface area (Å²) in [6, 6.07) is 7.27. The van der Waals surface area contributed by atoms with Crippen LogP contribution in [0, 0.1) is 0 Å². The van der Waals surface area contributed by atoms with E-state index < -0.39 is 0 Å². The standard InChI is InChI=1S/C11H10ClNO2/c12-9-1-3-10(4-2-9)13-7-8-5-6-15-11(8)14/h1-4,7,13H,5-6H2/b8-7-. The van der Waals surface area contributed by atoms with Crippen LogP contribution >= 0.6 is 11.6 Å². The van der Waals surface area contributed by atoms with E-state index in [0.717, 1.165) is 5.69 Å². The summed E-state index contributed by atoms with van der Waals surface area (Å²) in [5.74, 6) is -0.239. The summed E-state index contributed by atoms with van der Waals surface area (Å²) < 4.78 is 4.80. The molecular weight excluding hydrogens is 214 g/mol. The van der Waals surface area contributed by atoms with Gasteiger partial charge in [0.05, 0.1) is 12.2 Å². The average molecular weight is 224 g/mol. The van der Waals surface area contributed by atoms with E-state index >= 15 is 0 Å². The third-order valence-corrected chi connectivity index (χ3v) is 2.38. The van der Waals surface area contributed by atoms with Crippen molar-refractivity contribution < 1.29 is 9.53 Å². The van der Waals surface area contributed by atoms with Gasteiger partial charge in [-0.1, -0.05) is 11.6 Å². The van der Waals surface area contributed by atoms with Crippen molar-refractivity contribution in [2.75, 3.05) is 11.9 Å². The first-order chi connectivity index (χ1) is 7.25. The minimum Gasteiger partial charge on any atom is -0.462 e. The second-order valence-electron chi connectivity index (χ2n) is 3.21. The summed E-state index contributed by atoms with van der Waals surface area (Å²) in [6.45, 7) is 0.479. The third-order valence-electron chi connectivity index (χ3n) is 2.12. The van der Waals surface area contributed by atoms with E-state index in [9.17, 15) is 4.79 Å². The molecule has 0 spiro atoms. The zero-order chi connectivity index (χ0) is 10.7. The molecule has 0 amide bonds. The molecule has 0 aromatic heterocycles. The zero-order valence-corrected chi connectivity index (χ0v) is 8.75. The molecular formula is C11H10ClNO2. The minimum atomic E-state index is -0.239. The molecule has 4 heteroatoms. The Bertz CT molecular complexity index is 398. The molecule has 2 rings (SSSR count). The Morgan fingerprint density at radius 1 is 1.33 bits per heavy atom. The molecule has 0 bridgehead atoms. The molecule has 1 aromatic rings. The Balaban J connectivity index is 2.03. The van der Waals surface area contributed by atoms with Crippen LogP contribution in [0.15, 0.2) is 36.0 Å². The number of anilines is 1. The molecule has 0 radical (unpaired) electrons. The second-order valence-corrected chi connectivity index (χ2v) is 3.64. The number of hydrogen-bond donors (Lipinski definition) is 1. The number of esters is 1. The highest BCUT2D eigenvalue weighted by Crippen LogP contribution is 2.16. The number of benzene rings is 1. The normalized spacial score (nSPS) is 17.9. The molecule has 15 heavy (non-hydrogen) atoms. The monoisotopic (exact) mass is 223 g/mol. The average Bonchev–Trinajstić information content (AvgIpc) is 2.63. The second kappa shape index (κ2) is 4.36. The van der Waals surface area contributed by atoms with Gasteiger partial charge in [0.2, 0.25) is 0 Å². The summed E-state index contributed by atoms with van der Waals surface area (Å²) in [6.07, 6.45) is 2.35. The Morgan fingerprint density at radius 3 is 2.67 bits per heavy atom. The number of carbonyl (C=O) groups is 1. The first-order valence-corrected chi connectivity index (χ1v) is 5.02. The Labute approximate surface area is 92.7 Å². The summed E-state index contributed by atoms with van der Waals surface area (Å²) in [5.41, 5.74) is 1.57. The molecule has 3 nitrogen and oxygen atoms in total. The zero-order valence-electron chi connectivity index (χ0n) is 8.00. The smallest absolute Gasteiger partial charge is 0.335 e. The summed E-state index contributed by atoms with van der Waals surface area (Å²) in [7, 11) is 0. The van der Waals surface area contributed by atoms with Gasteiger partial charge in [0.15, 0.2) is 0 Å². The van der Waals surface area contributed by atoms with Crippen molar-refractivity contribution in [2.24, 2.45) is 0 Å². The van der Waals surface area contributed by atoms with Gasteiger partial charge in [-0.15, -0.1) is 0 Å². The van der Waals surface area contributed by atoms with E-state index in [1.807, 2.05) is 12.1 Å². The van der Waals surface area contributed by atoms with Crippen molar-refractivity contribution in [3.05, 3.63) is 41.1 Å². The fraction of sp³-hybridized carbons (Fsp3) is 0.182. The fourth-order valence-corrected chi connectivity index (χ4v) is 1.42. The van der Waals surface area contributed by atoms with Crippen LogP contribution < -0.4 is 5.32 Å².